The standard InChI is InChI=1S/C12H16F2N2O2/c1-2-5-15-12(17)16-6-7-18-11-4-3-9(13)8-10(11)14/h3-4,8H,2,5-7H2,1H3,(H2,15,16,17). The van der Waals surface area contributed by atoms with Crippen LogP contribution in [0.3, 0.4) is 0 Å². The Kier molecular flexibility index (Phi) is 5.90. The van der Waals surface area contributed by atoms with E-state index in [9.17, 15) is 13.6 Å². The second-order valence-electron chi connectivity index (χ2n) is 3.61. The van der Waals surface area contributed by atoms with Crippen LogP contribution in [0.5, 0.6) is 5.75 Å². The summed E-state index contributed by atoms with van der Waals surface area (Å²) in [5.74, 6) is -1.45. The quantitative estimate of drug-likeness (QED) is 0.767. The highest BCUT2D eigenvalue weighted by Gasteiger charge is 2.04. The molecule has 0 spiro atoms. The number of amides is 2. The molecule has 4 nitrogen and oxygen atoms in total. The largest absolute Gasteiger partial charge is 0.489 e. The number of nitrogens with one attached hydrogen (secondary N) is 2. The first-order chi connectivity index (χ1) is 8.63. The summed E-state index contributed by atoms with van der Waals surface area (Å²) < 4.78 is 30.8. The molecule has 1 aromatic carbocycles. The Labute approximate surface area is 104 Å². The van der Waals surface area contributed by atoms with Crippen LogP contribution in [0.4, 0.5) is 13.6 Å². The number of carbonyl (C=O) groups is 1. The van der Waals surface area contributed by atoms with Gasteiger partial charge in [-0.25, -0.2) is 13.6 Å². The molecule has 1 aromatic rings. The van der Waals surface area contributed by atoms with Gasteiger partial charge in [0.2, 0.25) is 0 Å². The van der Waals surface area contributed by atoms with Gasteiger partial charge in [-0.05, 0) is 18.6 Å². The third-order valence-corrected chi connectivity index (χ3v) is 2.07. The molecule has 0 aliphatic carbocycles. The summed E-state index contributed by atoms with van der Waals surface area (Å²) in [5.41, 5.74) is 0. The Balaban J connectivity index is 2.23. The zero-order valence-electron chi connectivity index (χ0n) is 10.1. The average molecular weight is 258 g/mol. The maximum atomic E-state index is 13.1. The molecule has 18 heavy (non-hydrogen) atoms. The van der Waals surface area contributed by atoms with Crippen molar-refractivity contribution in [2.75, 3.05) is 19.7 Å². The maximum absolute atomic E-state index is 13.1. The lowest BCUT2D eigenvalue weighted by atomic mass is 10.3. The Morgan fingerprint density at radius 1 is 1.28 bits per heavy atom. The molecule has 0 unspecified atom stereocenters. The van der Waals surface area contributed by atoms with Gasteiger partial charge in [-0.2, -0.15) is 0 Å². The normalized spacial score (nSPS) is 9.94. The number of hydrogen-bond acceptors (Lipinski definition) is 2. The Bertz CT molecular complexity index is 400. The van der Waals surface area contributed by atoms with E-state index in [1.807, 2.05) is 6.92 Å². The van der Waals surface area contributed by atoms with Crippen molar-refractivity contribution in [3.8, 4) is 5.75 Å². The summed E-state index contributed by atoms with van der Waals surface area (Å²) in [6.07, 6.45) is 0.852. The topological polar surface area (TPSA) is 50.4 Å². The molecule has 0 atom stereocenters. The molecule has 0 aliphatic heterocycles. The van der Waals surface area contributed by atoms with Gasteiger partial charge in [-0.3, -0.25) is 0 Å². The first kappa shape index (κ1) is 14.2. The summed E-state index contributed by atoms with van der Waals surface area (Å²) in [6.45, 7) is 2.90. The predicted octanol–water partition coefficient (Wildman–Crippen LogP) is 2.05. The van der Waals surface area contributed by atoms with Crippen molar-refractivity contribution in [2.45, 2.75) is 13.3 Å². The molecule has 0 saturated heterocycles. The summed E-state index contributed by atoms with van der Waals surface area (Å²) in [5, 5.41) is 5.17. The molecule has 0 saturated carbocycles. The van der Waals surface area contributed by atoms with Crippen molar-refractivity contribution < 1.29 is 18.3 Å². The molecule has 0 aliphatic rings. The molecular formula is C12H16F2N2O2. The van der Waals surface area contributed by atoms with Crippen LogP contribution in [-0.2, 0) is 0 Å². The van der Waals surface area contributed by atoms with E-state index in [2.05, 4.69) is 10.6 Å². The minimum atomic E-state index is -0.759. The Morgan fingerprint density at radius 2 is 2.00 bits per heavy atom. The molecule has 0 bridgehead atoms. The van der Waals surface area contributed by atoms with Crippen LogP contribution >= 0.6 is 0 Å². The fourth-order valence-electron chi connectivity index (χ4n) is 1.22. The van der Waals surface area contributed by atoms with Crippen LogP contribution in [0, 0.1) is 11.6 Å². The smallest absolute Gasteiger partial charge is 0.314 e. The highest BCUT2D eigenvalue weighted by atomic mass is 19.1. The Morgan fingerprint density at radius 3 is 2.67 bits per heavy atom. The lowest BCUT2D eigenvalue weighted by Gasteiger charge is -2.09. The summed E-state index contributed by atoms with van der Waals surface area (Å²) >= 11 is 0. The molecular weight excluding hydrogens is 242 g/mol. The minimum absolute atomic E-state index is 0.0350. The van der Waals surface area contributed by atoms with E-state index >= 15 is 0 Å². The lowest BCUT2D eigenvalue weighted by Crippen LogP contribution is -2.38. The van der Waals surface area contributed by atoms with E-state index in [1.165, 1.54) is 6.07 Å². The lowest BCUT2D eigenvalue weighted by molar-refractivity contribution is 0.235. The van der Waals surface area contributed by atoms with E-state index in [4.69, 9.17) is 4.74 Å². The molecule has 2 N–H and O–H groups in total. The van der Waals surface area contributed by atoms with E-state index in [1.54, 1.807) is 0 Å². The average Bonchev–Trinajstić information content (AvgIpc) is 2.34. The summed E-state index contributed by atoms with van der Waals surface area (Å²) in [6, 6.07) is 2.78. The monoisotopic (exact) mass is 258 g/mol. The fourth-order valence-corrected chi connectivity index (χ4v) is 1.22. The van der Waals surface area contributed by atoms with Crippen molar-refractivity contribution in [3.05, 3.63) is 29.8 Å². The van der Waals surface area contributed by atoms with E-state index < -0.39 is 11.6 Å². The van der Waals surface area contributed by atoms with E-state index in [0.717, 1.165) is 18.6 Å². The summed E-state index contributed by atoms with van der Waals surface area (Å²) in [7, 11) is 0. The van der Waals surface area contributed by atoms with Gasteiger partial charge >= 0.3 is 6.03 Å². The van der Waals surface area contributed by atoms with Crippen molar-refractivity contribution in [3.63, 3.8) is 0 Å². The van der Waals surface area contributed by atoms with Gasteiger partial charge in [0, 0.05) is 12.6 Å². The van der Waals surface area contributed by atoms with Crippen molar-refractivity contribution in [1.82, 2.24) is 10.6 Å². The van der Waals surface area contributed by atoms with Gasteiger partial charge in [-0.15, -0.1) is 0 Å². The number of rotatable bonds is 6. The number of hydrogen-bond donors (Lipinski definition) is 2. The third kappa shape index (κ3) is 4.99. The van der Waals surface area contributed by atoms with Gasteiger partial charge in [0.05, 0.1) is 6.54 Å². The molecule has 100 valence electrons. The maximum Gasteiger partial charge on any atom is 0.314 e. The van der Waals surface area contributed by atoms with Gasteiger partial charge in [0.25, 0.3) is 0 Å². The van der Waals surface area contributed by atoms with Gasteiger partial charge < -0.3 is 15.4 Å². The molecule has 1 rings (SSSR count). The van der Waals surface area contributed by atoms with Crippen LogP contribution in [0.25, 0.3) is 0 Å². The second kappa shape index (κ2) is 7.47. The van der Waals surface area contributed by atoms with Crippen LogP contribution < -0.4 is 15.4 Å². The third-order valence-electron chi connectivity index (χ3n) is 2.07. The molecule has 0 radical (unpaired) electrons. The number of halogens is 2. The summed E-state index contributed by atoms with van der Waals surface area (Å²) in [4.78, 5) is 11.1. The SMILES string of the molecule is CCCNC(=O)NCCOc1ccc(F)cc1F. The molecule has 0 aromatic heterocycles. The second-order valence-corrected chi connectivity index (χ2v) is 3.61. The van der Waals surface area contributed by atoms with Crippen molar-refractivity contribution in [1.29, 1.82) is 0 Å². The van der Waals surface area contributed by atoms with Crippen LogP contribution in [-0.4, -0.2) is 25.7 Å². The van der Waals surface area contributed by atoms with Crippen molar-refractivity contribution >= 4 is 6.03 Å². The number of carbonyl (C=O) groups excluding carboxylic acids is 1. The van der Waals surface area contributed by atoms with Crippen LogP contribution in [0.15, 0.2) is 18.2 Å². The molecule has 2 amide bonds. The fraction of sp³-hybridized carbons (Fsp3) is 0.417. The highest BCUT2D eigenvalue weighted by Crippen LogP contribution is 2.17. The minimum Gasteiger partial charge on any atom is -0.489 e. The van der Waals surface area contributed by atoms with Gasteiger partial charge in [-0.1, -0.05) is 6.92 Å². The number of ether oxygens (including phenoxy) is 1. The zero-order valence-corrected chi connectivity index (χ0v) is 10.1. The molecule has 6 heteroatoms. The Hall–Kier alpha value is -1.85. The first-order valence-corrected chi connectivity index (χ1v) is 5.73. The van der Waals surface area contributed by atoms with E-state index in [-0.39, 0.29) is 24.9 Å². The van der Waals surface area contributed by atoms with Crippen LogP contribution in [0.2, 0.25) is 0 Å². The highest BCUT2D eigenvalue weighted by molar-refractivity contribution is 5.73. The molecule has 0 fully saturated rings. The first-order valence-electron chi connectivity index (χ1n) is 5.73. The van der Waals surface area contributed by atoms with Crippen LogP contribution in [0.1, 0.15) is 13.3 Å². The number of benzene rings is 1. The van der Waals surface area contributed by atoms with Gasteiger partial charge in [0.15, 0.2) is 11.6 Å². The zero-order chi connectivity index (χ0) is 13.4. The number of urea groups is 1. The van der Waals surface area contributed by atoms with Gasteiger partial charge in [0.1, 0.15) is 12.4 Å². The predicted molar refractivity (Wildman–Crippen MR) is 63.5 cm³/mol. The van der Waals surface area contributed by atoms with E-state index in [0.29, 0.717) is 6.54 Å². The van der Waals surface area contributed by atoms with Crippen molar-refractivity contribution in [2.24, 2.45) is 0 Å². The molecule has 0 heterocycles.